The third kappa shape index (κ3) is 2.68. The van der Waals surface area contributed by atoms with E-state index in [2.05, 4.69) is 0 Å². The number of rotatable bonds is 2. The molecule has 0 unspecified atom stereocenters. The molecule has 0 aliphatic carbocycles. The highest BCUT2D eigenvalue weighted by atomic mass is 16.6. The van der Waals surface area contributed by atoms with Crippen molar-refractivity contribution in [1.82, 2.24) is 4.57 Å². The number of carbonyl (C=O) groups excluding carboxylic acids is 1. The van der Waals surface area contributed by atoms with Crippen molar-refractivity contribution in [2.75, 3.05) is 11.9 Å². The van der Waals surface area contributed by atoms with Crippen LogP contribution in [0.1, 0.15) is 5.56 Å². The Morgan fingerprint density at radius 2 is 1.82 bits per heavy atom. The second kappa shape index (κ2) is 5.56. The van der Waals surface area contributed by atoms with Gasteiger partial charge in [0.15, 0.2) is 0 Å². The quantitative estimate of drug-likeness (QED) is 0.712. The normalized spacial score (nSPS) is 10.7. The first kappa shape index (κ1) is 14.2. The van der Waals surface area contributed by atoms with Crippen LogP contribution in [-0.2, 0) is 7.05 Å². The molecule has 0 N–H and O–H groups in total. The molecule has 4 nitrogen and oxygen atoms in total. The molecule has 0 saturated heterocycles. The Kier molecular flexibility index (Phi) is 3.59. The van der Waals surface area contributed by atoms with Gasteiger partial charge in [-0.2, -0.15) is 0 Å². The number of benzene rings is 2. The third-order valence-corrected chi connectivity index (χ3v) is 3.76. The average Bonchev–Trinajstić information content (AvgIpc) is 2.88. The summed E-state index contributed by atoms with van der Waals surface area (Å²) in [6.45, 7) is 2.01. The molecule has 0 spiro atoms. The van der Waals surface area contributed by atoms with Gasteiger partial charge < -0.3 is 9.30 Å². The Balaban J connectivity index is 1.79. The number of aryl methyl sites for hydroxylation is 2. The first-order valence-electron chi connectivity index (χ1n) is 7.12. The van der Waals surface area contributed by atoms with E-state index in [1.807, 2.05) is 73.3 Å². The van der Waals surface area contributed by atoms with Gasteiger partial charge in [-0.15, -0.1) is 0 Å². The van der Waals surface area contributed by atoms with Gasteiger partial charge in [0, 0.05) is 32.0 Å². The molecule has 0 bridgehead atoms. The lowest BCUT2D eigenvalue weighted by Gasteiger charge is -2.17. The predicted octanol–water partition coefficient (Wildman–Crippen LogP) is 4.12. The smallest absolute Gasteiger partial charge is 0.410 e. The van der Waals surface area contributed by atoms with Gasteiger partial charge in [-0.05, 0) is 42.6 Å². The zero-order chi connectivity index (χ0) is 15.7. The molecule has 112 valence electrons. The van der Waals surface area contributed by atoms with Crippen LogP contribution in [0, 0.1) is 6.92 Å². The van der Waals surface area contributed by atoms with Gasteiger partial charge in [0.05, 0.1) is 5.52 Å². The average molecular weight is 294 g/mol. The molecule has 22 heavy (non-hydrogen) atoms. The van der Waals surface area contributed by atoms with E-state index in [0.717, 1.165) is 22.2 Å². The first-order valence-corrected chi connectivity index (χ1v) is 7.12. The van der Waals surface area contributed by atoms with E-state index in [4.69, 9.17) is 4.74 Å². The minimum Gasteiger partial charge on any atom is -0.410 e. The molecule has 1 heterocycles. The maximum Gasteiger partial charge on any atom is 0.419 e. The molecule has 3 aromatic rings. The summed E-state index contributed by atoms with van der Waals surface area (Å²) in [4.78, 5) is 13.7. The van der Waals surface area contributed by atoms with Crippen molar-refractivity contribution in [3.63, 3.8) is 0 Å². The maximum atomic E-state index is 12.3. The van der Waals surface area contributed by atoms with Gasteiger partial charge in [-0.25, -0.2) is 4.79 Å². The van der Waals surface area contributed by atoms with E-state index in [9.17, 15) is 4.79 Å². The van der Waals surface area contributed by atoms with Crippen LogP contribution in [0.3, 0.4) is 0 Å². The Morgan fingerprint density at radius 1 is 1.09 bits per heavy atom. The van der Waals surface area contributed by atoms with E-state index in [1.54, 1.807) is 7.05 Å². The molecule has 0 atom stereocenters. The number of nitrogens with zero attached hydrogens (tertiary/aromatic N) is 2. The molecule has 3 rings (SSSR count). The number of anilines is 1. The highest BCUT2D eigenvalue weighted by molar-refractivity contribution is 5.89. The number of hydrogen-bond donors (Lipinski definition) is 0. The van der Waals surface area contributed by atoms with E-state index in [0.29, 0.717) is 5.75 Å². The summed E-state index contributed by atoms with van der Waals surface area (Å²) in [5.74, 6) is 0.540. The summed E-state index contributed by atoms with van der Waals surface area (Å²) in [6.07, 6.45) is 1.58. The fraction of sp³-hybridized carbons (Fsp3) is 0.167. The fourth-order valence-corrected chi connectivity index (χ4v) is 2.35. The zero-order valence-corrected chi connectivity index (χ0v) is 12.9. The van der Waals surface area contributed by atoms with Crippen molar-refractivity contribution in [1.29, 1.82) is 0 Å². The summed E-state index contributed by atoms with van der Waals surface area (Å²) in [7, 11) is 3.67. The number of ether oxygens (including phenoxy) is 1. The van der Waals surface area contributed by atoms with Crippen molar-refractivity contribution in [3.8, 4) is 5.75 Å². The Morgan fingerprint density at radius 3 is 2.55 bits per heavy atom. The molecular weight excluding hydrogens is 276 g/mol. The second-order valence-electron chi connectivity index (χ2n) is 5.41. The fourth-order valence-electron chi connectivity index (χ4n) is 2.35. The van der Waals surface area contributed by atoms with Crippen LogP contribution in [0.4, 0.5) is 10.5 Å². The van der Waals surface area contributed by atoms with E-state index < -0.39 is 6.09 Å². The number of aromatic nitrogens is 1. The SMILES string of the molecule is Cc1ccc(N(C)C(=O)Oc2ccc3ccn(C)c3c2)cc1. The molecule has 0 saturated carbocycles. The summed E-state index contributed by atoms with van der Waals surface area (Å²) >= 11 is 0. The predicted molar refractivity (Wildman–Crippen MR) is 88.5 cm³/mol. The van der Waals surface area contributed by atoms with Gasteiger partial charge in [0.25, 0.3) is 0 Å². The molecule has 2 aromatic carbocycles. The molecule has 4 heteroatoms. The zero-order valence-electron chi connectivity index (χ0n) is 12.9. The lowest BCUT2D eigenvalue weighted by Crippen LogP contribution is -2.29. The number of carbonyl (C=O) groups is 1. The van der Waals surface area contributed by atoms with Crippen LogP contribution in [-0.4, -0.2) is 17.7 Å². The third-order valence-electron chi connectivity index (χ3n) is 3.76. The van der Waals surface area contributed by atoms with Gasteiger partial charge >= 0.3 is 6.09 Å². The molecule has 1 aromatic heterocycles. The van der Waals surface area contributed by atoms with Gasteiger partial charge in [0.1, 0.15) is 5.75 Å². The molecule has 1 amide bonds. The van der Waals surface area contributed by atoms with Crippen LogP contribution in [0.5, 0.6) is 5.75 Å². The lowest BCUT2D eigenvalue weighted by atomic mass is 10.2. The van der Waals surface area contributed by atoms with Crippen molar-refractivity contribution in [2.45, 2.75) is 6.92 Å². The molecule has 0 fully saturated rings. The minimum absolute atomic E-state index is 0.405. The van der Waals surface area contributed by atoms with Crippen LogP contribution >= 0.6 is 0 Å². The highest BCUT2D eigenvalue weighted by Gasteiger charge is 2.13. The van der Waals surface area contributed by atoms with Crippen molar-refractivity contribution >= 4 is 22.7 Å². The Bertz CT molecular complexity index is 819. The van der Waals surface area contributed by atoms with Gasteiger partial charge in [-0.1, -0.05) is 17.7 Å². The summed E-state index contributed by atoms with van der Waals surface area (Å²) < 4.78 is 7.46. The van der Waals surface area contributed by atoms with Gasteiger partial charge in [-0.3, -0.25) is 4.90 Å². The first-order chi connectivity index (χ1) is 10.5. The molecular formula is C18H18N2O2. The standard InChI is InChI=1S/C18H18N2O2/c1-13-4-7-15(8-5-13)20(3)18(21)22-16-9-6-14-10-11-19(2)17(14)12-16/h4-12H,1-3H3. The van der Waals surface area contributed by atoms with E-state index in [-0.39, 0.29) is 0 Å². The summed E-state index contributed by atoms with van der Waals surface area (Å²) in [5.41, 5.74) is 2.98. The van der Waals surface area contributed by atoms with Crippen LogP contribution < -0.4 is 9.64 Å². The molecule has 0 radical (unpaired) electrons. The summed E-state index contributed by atoms with van der Waals surface area (Å²) in [5, 5.41) is 1.12. The van der Waals surface area contributed by atoms with Crippen molar-refractivity contribution in [3.05, 3.63) is 60.3 Å². The Labute approximate surface area is 129 Å². The largest absolute Gasteiger partial charge is 0.419 e. The highest BCUT2D eigenvalue weighted by Crippen LogP contribution is 2.22. The van der Waals surface area contributed by atoms with E-state index in [1.165, 1.54) is 4.90 Å². The van der Waals surface area contributed by atoms with Gasteiger partial charge in [0.2, 0.25) is 0 Å². The summed E-state index contributed by atoms with van der Waals surface area (Å²) in [6, 6.07) is 15.4. The monoisotopic (exact) mass is 294 g/mol. The van der Waals surface area contributed by atoms with Crippen LogP contribution in [0.15, 0.2) is 54.7 Å². The topological polar surface area (TPSA) is 34.5 Å². The van der Waals surface area contributed by atoms with E-state index >= 15 is 0 Å². The second-order valence-corrected chi connectivity index (χ2v) is 5.41. The molecule has 0 aliphatic heterocycles. The maximum absolute atomic E-state index is 12.3. The lowest BCUT2D eigenvalue weighted by molar-refractivity contribution is 0.209. The number of amides is 1. The van der Waals surface area contributed by atoms with Crippen LogP contribution in [0.25, 0.3) is 10.9 Å². The number of fused-ring (bicyclic) bond motifs is 1. The van der Waals surface area contributed by atoms with Crippen molar-refractivity contribution in [2.24, 2.45) is 7.05 Å². The molecule has 0 aliphatic rings. The minimum atomic E-state index is -0.405. The van der Waals surface area contributed by atoms with Crippen LogP contribution in [0.2, 0.25) is 0 Å². The Hall–Kier alpha value is -2.75. The van der Waals surface area contributed by atoms with Crippen molar-refractivity contribution < 1.29 is 9.53 Å². The number of hydrogen-bond acceptors (Lipinski definition) is 2.